The first kappa shape index (κ1) is 10.7. The van der Waals surface area contributed by atoms with Gasteiger partial charge in [0.1, 0.15) is 16.6 Å². The number of phenols is 1. The minimum Gasteiger partial charge on any atom is -0.506 e. The van der Waals surface area contributed by atoms with Crippen LogP contribution in [0.2, 0.25) is 5.02 Å². The summed E-state index contributed by atoms with van der Waals surface area (Å²) in [6.45, 7) is 0. The molecular formula is C11H13ClFNO. The van der Waals surface area contributed by atoms with E-state index in [9.17, 15) is 9.50 Å². The van der Waals surface area contributed by atoms with E-state index in [0.717, 1.165) is 6.42 Å². The largest absolute Gasteiger partial charge is 0.506 e. The average Bonchev–Trinajstić information content (AvgIpc) is 2.98. The Hall–Kier alpha value is -0.800. The SMILES string of the molecule is N[C@H](CC1CC1)c1ccc(F)c(Cl)c1O. The average molecular weight is 230 g/mol. The van der Waals surface area contributed by atoms with E-state index in [4.69, 9.17) is 17.3 Å². The van der Waals surface area contributed by atoms with Gasteiger partial charge in [-0.1, -0.05) is 30.5 Å². The van der Waals surface area contributed by atoms with Gasteiger partial charge in [0.15, 0.2) is 0 Å². The zero-order valence-corrected chi connectivity index (χ0v) is 8.97. The Labute approximate surface area is 92.9 Å². The monoisotopic (exact) mass is 229 g/mol. The van der Waals surface area contributed by atoms with Crippen LogP contribution in [0.3, 0.4) is 0 Å². The van der Waals surface area contributed by atoms with E-state index < -0.39 is 5.82 Å². The Kier molecular flexibility index (Phi) is 2.85. The maximum absolute atomic E-state index is 13.0. The quantitative estimate of drug-likeness (QED) is 0.837. The van der Waals surface area contributed by atoms with Crippen molar-refractivity contribution in [3.05, 3.63) is 28.5 Å². The summed E-state index contributed by atoms with van der Waals surface area (Å²) in [6.07, 6.45) is 3.22. The molecule has 0 aliphatic heterocycles. The van der Waals surface area contributed by atoms with Crippen molar-refractivity contribution in [1.29, 1.82) is 0 Å². The molecule has 15 heavy (non-hydrogen) atoms. The third kappa shape index (κ3) is 2.24. The zero-order chi connectivity index (χ0) is 11.0. The molecule has 0 aromatic heterocycles. The molecule has 1 aromatic carbocycles. The molecule has 0 spiro atoms. The van der Waals surface area contributed by atoms with Crippen LogP contribution < -0.4 is 5.73 Å². The minimum atomic E-state index is -0.614. The van der Waals surface area contributed by atoms with Gasteiger partial charge in [-0.3, -0.25) is 0 Å². The molecule has 2 rings (SSSR count). The van der Waals surface area contributed by atoms with Crippen LogP contribution >= 0.6 is 11.6 Å². The van der Waals surface area contributed by atoms with Crippen LogP contribution in [0.4, 0.5) is 4.39 Å². The fraction of sp³-hybridized carbons (Fsp3) is 0.455. The molecule has 0 saturated heterocycles. The lowest BCUT2D eigenvalue weighted by atomic mass is 10.0. The van der Waals surface area contributed by atoms with Crippen LogP contribution in [0, 0.1) is 11.7 Å². The van der Waals surface area contributed by atoms with Gasteiger partial charge in [0, 0.05) is 11.6 Å². The lowest BCUT2D eigenvalue weighted by molar-refractivity contribution is 0.450. The van der Waals surface area contributed by atoms with Crippen molar-refractivity contribution in [2.45, 2.75) is 25.3 Å². The molecule has 1 fully saturated rings. The lowest BCUT2D eigenvalue weighted by Crippen LogP contribution is -2.11. The topological polar surface area (TPSA) is 46.2 Å². The van der Waals surface area contributed by atoms with E-state index in [1.807, 2.05) is 0 Å². The second kappa shape index (κ2) is 3.99. The molecule has 1 atom stereocenters. The number of nitrogens with two attached hydrogens (primary N) is 1. The van der Waals surface area contributed by atoms with Crippen LogP contribution in [0.1, 0.15) is 30.9 Å². The Morgan fingerprint density at radius 1 is 1.53 bits per heavy atom. The van der Waals surface area contributed by atoms with E-state index in [0.29, 0.717) is 11.5 Å². The summed E-state index contributed by atoms with van der Waals surface area (Å²) in [6, 6.07) is 2.49. The number of rotatable bonds is 3. The highest BCUT2D eigenvalue weighted by molar-refractivity contribution is 6.32. The highest BCUT2D eigenvalue weighted by Crippen LogP contribution is 2.40. The first-order chi connectivity index (χ1) is 7.09. The lowest BCUT2D eigenvalue weighted by Gasteiger charge is -2.14. The zero-order valence-electron chi connectivity index (χ0n) is 8.21. The predicted octanol–water partition coefficient (Wildman–Crippen LogP) is 2.98. The standard InChI is InChI=1S/C11H13ClFNO/c12-10-8(13)4-3-7(11(10)15)9(14)5-6-1-2-6/h3-4,6,9,15H,1-2,5,14H2/t9-/m1/s1. The van der Waals surface area contributed by atoms with E-state index in [1.165, 1.54) is 25.0 Å². The third-order valence-electron chi connectivity index (χ3n) is 2.78. The van der Waals surface area contributed by atoms with Crippen molar-refractivity contribution >= 4 is 11.6 Å². The molecule has 1 saturated carbocycles. The second-order valence-corrected chi connectivity index (χ2v) is 4.46. The number of halogens is 2. The molecule has 0 unspecified atom stereocenters. The molecule has 1 aromatic rings. The van der Waals surface area contributed by atoms with Crippen molar-refractivity contribution in [2.24, 2.45) is 11.7 Å². The van der Waals surface area contributed by atoms with Gasteiger partial charge in [0.25, 0.3) is 0 Å². The van der Waals surface area contributed by atoms with Crippen molar-refractivity contribution in [3.8, 4) is 5.75 Å². The predicted molar refractivity (Wildman–Crippen MR) is 57.3 cm³/mol. The fourth-order valence-electron chi connectivity index (χ4n) is 1.69. The molecular weight excluding hydrogens is 217 g/mol. The minimum absolute atomic E-state index is 0.218. The second-order valence-electron chi connectivity index (χ2n) is 4.08. The molecule has 1 aliphatic carbocycles. The molecule has 0 heterocycles. The molecule has 1 aliphatic rings. The Morgan fingerprint density at radius 2 is 2.20 bits per heavy atom. The fourth-order valence-corrected chi connectivity index (χ4v) is 1.87. The molecule has 0 amide bonds. The summed E-state index contributed by atoms with van der Waals surface area (Å²) in [4.78, 5) is 0. The summed E-state index contributed by atoms with van der Waals surface area (Å²) < 4.78 is 13.0. The van der Waals surface area contributed by atoms with Gasteiger partial charge in [0.05, 0.1) is 0 Å². The number of hydrogen-bond donors (Lipinski definition) is 2. The molecule has 0 radical (unpaired) electrons. The van der Waals surface area contributed by atoms with Crippen molar-refractivity contribution in [3.63, 3.8) is 0 Å². The van der Waals surface area contributed by atoms with Gasteiger partial charge in [-0.05, 0) is 18.4 Å². The van der Waals surface area contributed by atoms with Gasteiger partial charge in [-0.2, -0.15) is 0 Å². The van der Waals surface area contributed by atoms with Crippen LogP contribution in [0.15, 0.2) is 12.1 Å². The molecule has 82 valence electrons. The Balaban J connectivity index is 2.22. The summed E-state index contributed by atoms with van der Waals surface area (Å²) in [5, 5.41) is 9.39. The van der Waals surface area contributed by atoms with Crippen LogP contribution in [-0.2, 0) is 0 Å². The van der Waals surface area contributed by atoms with E-state index >= 15 is 0 Å². The molecule has 2 nitrogen and oxygen atoms in total. The van der Waals surface area contributed by atoms with Crippen molar-refractivity contribution in [2.75, 3.05) is 0 Å². The number of phenolic OH excluding ortho intramolecular Hbond substituents is 1. The Morgan fingerprint density at radius 3 is 2.80 bits per heavy atom. The van der Waals surface area contributed by atoms with Crippen molar-refractivity contribution < 1.29 is 9.50 Å². The van der Waals surface area contributed by atoms with Gasteiger partial charge in [-0.15, -0.1) is 0 Å². The summed E-state index contributed by atoms with van der Waals surface area (Å²) in [7, 11) is 0. The van der Waals surface area contributed by atoms with E-state index in [-0.39, 0.29) is 16.8 Å². The normalized spacial score (nSPS) is 17.8. The number of benzene rings is 1. The maximum atomic E-state index is 13.0. The Bertz CT molecular complexity index is 379. The van der Waals surface area contributed by atoms with Gasteiger partial charge < -0.3 is 10.8 Å². The summed E-state index contributed by atoms with van der Waals surface area (Å²) >= 11 is 5.60. The molecule has 0 bridgehead atoms. The van der Waals surface area contributed by atoms with Crippen LogP contribution in [0.25, 0.3) is 0 Å². The van der Waals surface area contributed by atoms with Crippen LogP contribution in [-0.4, -0.2) is 5.11 Å². The van der Waals surface area contributed by atoms with Gasteiger partial charge >= 0.3 is 0 Å². The number of hydrogen-bond acceptors (Lipinski definition) is 2. The third-order valence-corrected chi connectivity index (χ3v) is 3.14. The maximum Gasteiger partial charge on any atom is 0.145 e. The van der Waals surface area contributed by atoms with E-state index in [1.54, 1.807) is 0 Å². The molecule has 4 heteroatoms. The first-order valence-corrected chi connectivity index (χ1v) is 5.40. The van der Waals surface area contributed by atoms with Gasteiger partial charge in [-0.25, -0.2) is 4.39 Å². The summed E-state index contributed by atoms with van der Waals surface area (Å²) in [5.41, 5.74) is 6.45. The molecule has 3 N–H and O–H groups in total. The van der Waals surface area contributed by atoms with Gasteiger partial charge in [0.2, 0.25) is 0 Å². The highest BCUT2D eigenvalue weighted by Gasteiger charge is 2.26. The van der Waals surface area contributed by atoms with E-state index in [2.05, 4.69) is 0 Å². The summed E-state index contributed by atoms with van der Waals surface area (Å²) in [5.74, 6) is -0.176. The van der Waals surface area contributed by atoms with Crippen molar-refractivity contribution in [1.82, 2.24) is 0 Å². The number of aromatic hydroxyl groups is 1. The first-order valence-electron chi connectivity index (χ1n) is 5.02. The highest BCUT2D eigenvalue weighted by atomic mass is 35.5. The van der Waals surface area contributed by atoms with Crippen LogP contribution in [0.5, 0.6) is 5.75 Å². The smallest absolute Gasteiger partial charge is 0.145 e.